The first-order valence-electron chi connectivity index (χ1n) is 36.2. The molecule has 3 N–H and O–H groups in total. The number of aliphatic hydroxyl groups excluding tert-OH is 1. The molecule has 0 aliphatic carbocycles. The van der Waals surface area contributed by atoms with Crippen LogP contribution in [0.3, 0.4) is 0 Å². The molecule has 89 heavy (non-hydrogen) atoms. The Bertz CT molecular complexity index is 1770. The van der Waals surface area contributed by atoms with Crippen LogP contribution in [-0.2, 0) is 65.4 Å². The van der Waals surface area contributed by atoms with Gasteiger partial charge in [-0.1, -0.05) is 293 Å². The van der Waals surface area contributed by atoms with E-state index in [1.165, 1.54) is 148 Å². The molecule has 0 spiro atoms. The minimum absolute atomic E-state index is 0.102. The Labute approximate surface area is 543 Å². The predicted molar refractivity (Wildman–Crippen MR) is 358 cm³/mol. The van der Waals surface area contributed by atoms with E-state index in [9.17, 15) is 43.2 Å². The fourth-order valence-electron chi connectivity index (χ4n) is 10.5. The van der Waals surface area contributed by atoms with Gasteiger partial charge in [-0.2, -0.15) is 0 Å². The summed E-state index contributed by atoms with van der Waals surface area (Å²) in [5.41, 5.74) is 0. The Kier molecular flexibility index (Phi) is 58.5. The molecular weight excluding hydrogens is 1170 g/mol. The van der Waals surface area contributed by atoms with Crippen LogP contribution in [0.5, 0.6) is 0 Å². The number of unbranched alkanes of at least 4 members (excludes halogenated alkanes) is 32. The number of aliphatic hydroxyl groups is 1. The third kappa shape index (κ3) is 63.2. The van der Waals surface area contributed by atoms with Gasteiger partial charge in [-0.05, 0) is 49.4 Å². The zero-order valence-corrected chi connectivity index (χ0v) is 59.8. The van der Waals surface area contributed by atoms with Crippen LogP contribution >= 0.6 is 15.6 Å². The van der Waals surface area contributed by atoms with E-state index in [4.69, 9.17) is 37.0 Å². The van der Waals surface area contributed by atoms with Gasteiger partial charge in [-0.3, -0.25) is 37.3 Å². The summed E-state index contributed by atoms with van der Waals surface area (Å²) in [6.45, 7) is 14.1. The van der Waals surface area contributed by atoms with Gasteiger partial charge in [-0.25, -0.2) is 9.13 Å². The van der Waals surface area contributed by atoms with Crippen LogP contribution in [0.2, 0.25) is 0 Å². The summed E-state index contributed by atoms with van der Waals surface area (Å²) >= 11 is 0. The molecule has 17 nitrogen and oxygen atoms in total. The quantitative estimate of drug-likeness (QED) is 0.0222. The summed E-state index contributed by atoms with van der Waals surface area (Å²) in [5.74, 6) is 0.847. The number of esters is 4. The van der Waals surface area contributed by atoms with E-state index in [2.05, 4.69) is 55.4 Å². The minimum atomic E-state index is -4.95. The number of carbonyl (C=O) groups excluding carboxylic acids is 4. The molecule has 0 aromatic rings. The molecule has 0 saturated carbocycles. The standard InChI is InChI=1S/C70H136O17P2/c1-9-63(8)49-41-33-24-17-14-15-19-27-36-44-52-69(74)86-65(56-81-68(73)51-43-35-26-21-20-23-31-39-47-61(4)5)58-84-88(76,77)82-54-64(71)55-83-89(78,79)85-59-66(87-70(75)53-45-37-29-28-32-40-48-62(6)7)57-80-67(72)50-42-34-25-18-13-11-10-12-16-22-30-38-46-60(2)3/h60-66,71H,9-59H2,1-8H3,(H,76,77)(H,78,79)/t63?,64?,65-,66-/m1/s1. The number of phosphoric ester groups is 2. The highest BCUT2D eigenvalue weighted by Gasteiger charge is 2.30. The lowest BCUT2D eigenvalue weighted by Crippen LogP contribution is -2.30. The molecule has 0 fully saturated rings. The van der Waals surface area contributed by atoms with Crippen molar-refractivity contribution in [2.24, 2.45) is 23.7 Å². The first kappa shape index (κ1) is 87.1. The van der Waals surface area contributed by atoms with E-state index >= 15 is 0 Å². The average Bonchev–Trinajstić information content (AvgIpc) is 3.52. The third-order valence-corrected chi connectivity index (χ3v) is 18.3. The van der Waals surface area contributed by atoms with Crippen molar-refractivity contribution >= 4 is 39.5 Å². The van der Waals surface area contributed by atoms with E-state index in [1.54, 1.807) is 0 Å². The summed E-state index contributed by atoms with van der Waals surface area (Å²) in [7, 11) is -9.90. The molecule has 0 heterocycles. The van der Waals surface area contributed by atoms with Gasteiger partial charge in [0.2, 0.25) is 0 Å². The third-order valence-electron chi connectivity index (χ3n) is 16.4. The Balaban J connectivity index is 5.22. The van der Waals surface area contributed by atoms with Gasteiger partial charge < -0.3 is 33.8 Å². The van der Waals surface area contributed by atoms with E-state index in [-0.39, 0.29) is 25.7 Å². The molecule has 528 valence electrons. The maximum atomic E-state index is 13.0. The SMILES string of the molecule is CCC(C)CCCCCCCCCCCCC(=O)O[C@H](COC(=O)CCCCCCCCCCC(C)C)COP(=O)(O)OCC(O)COP(=O)(O)OC[C@@H](COC(=O)CCCCCCCCCCCCCCC(C)C)OC(=O)CCCCCCCCC(C)C. The maximum absolute atomic E-state index is 13.0. The van der Waals surface area contributed by atoms with Crippen LogP contribution in [0, 0.1) is 23.7 Å². The summed E-state index contributed by atoms with van der Waals surface area (Å²) in [6, 6.07) is 0. The van der Waals surface area contributed by atoms with Gasteiger partial charge in [0.05, 0.1) is 26.4 Å². The van der Waals surface area contributed by atoms with Gasteiger partial charge in [-0.15, -0.1) is 0 Å². The zero-order valence-electron chi connectivity index (χ0n) is 58.1. The Morgan fingerprint density at radius 2 is 0.539 bits per heavy atom. The van der Waals surface area contributed by atoms with Crippen molar-refractivity contribution in [3.05, 3.63) is 0 Å². The van der Waals surface area contributed by atoms with Crippen molar-refractivity contribution in [2.45, 2.75) is 363 Å². The molecule has 0 aliphatic rings. The highest BCUT2D eigenvalue weighted by atomic mass is 31.2. The number of carbonyl (C=O) groups is 4. The second-order valence-corrected chi connectivity index (χ2v) is 29.8. The Hall–Kier alpha value is -1.94. The summed E-state index contributed by atoms with van der Waals surface area (Å²) in [4.78, 5) is 72.5. The molecule has 0 bridgehead atoms. The Morgan fingerprint density at radius 3 is 0.798 bits per heavy atom. The molecule has 19 heteroatoms. The Morgan fingerprint density at radius 1 is 0.315 bits per heavy atom. The molecule has 0 radical (unpaired) electrons. The van der Waals surface area contributed by atoms with Gasteiger partial charge in [0.15, 0.2) is 12.2 Å². The molecule has 0 rings (SSSR count). The molecule has 4 unspecified atom stereocenters. The van der Waals surface area contributed by atoms with Gasteiger partial charge >= 0.3 is 39.5 Å². The van der Waals surface area contributed by atoms with Crippen LogP contribution in [0.25, 0.3) is 0 Å². The zero-order chi connectivity index (χ0) is 66.1. The largest absolute Gasteiger partial charge is 0.472 e. The maximum Gasteiger partial charge on any atom is 0.472 e. The number of ether oxygens (including phenoxy) is 4. The fourth-order valence-corrected chi connectivity index (χ4v) is 12.0. The lowest BCUT2D eigenvalue weighted by molar-refractivity contribution is -0.161. The van der Waals surface area contributed by atoms with Gasteiger partial charge in [0.25, 0.3) is 0 Å². The van der Waals surface area contributed by atoms with Crippen LogP contribution in [0.4, 0.5) is 0 Å². The van der Waals surface area contributed by atoms with E-state index < -0.39 is 97.5 Å². The van der Waals surface area contributed by atoms with E-state index in [0.717, 1.165) is 108 Å². The first-order chi connectivity index (χ1) is 42.6. The summed E-state index contributed by atoms with van der Waals surface area (Å²) in [5, 5.41) is 10.6. The van der Waals surface area contributed by atoms with Crippen molar-refractivity contribution in [1.82, 2.24) is 0 Å². The predicted octanol–water partition coefficient (Wildman–Crippen LogP) is 19.7. The molecule has 0 aromatic heterocycles. The number of hydrogen-bond acceptors (Lipinski definition) is 15. The topological polar surface area (TPSA) is 237 Å². The first-order valence-corrected chi connectivity index (χ1v) is 39.2. The molecule has 0 aliphatic heterocycles. The lowest BCUT2D eigenvalue weighted by Gasteiger charge is -2.21. The van der Waals surface area contributed by atoms with Crippen LogP contribution < -0.4 is 0 Å². The van der Waals surface area contributed by atoms with E-state index in [1.807, 2.05) is 0 Å². The molecule has 6 atom stereocenters. The smallest absolute Gasteiger partial charge is 0.462 e. The van der Waals surface area contributed by atoms with Gasteiger partial charge in [0.1, 0.15) is 19.3 Å². The second-order valence-electron chi connectivity index (χ2n) is 26.9. The van der Waals surface area contributed by atoms with Gasteiger partial charge in [0, 0.05) is 25.7 Å². The lowest BCUT2D eigenvalue weighted by atomic mass is 9.99. The van der Waals surface area contributed by atoms with Crippen LogP contribution in [0.1, 0.15) is 344 Å². The molecular formula is C70H136O17P2. The highest BCUT2D eigenvalue weighted by molar-refractivity contribution is 7.47. The minimum Gasteiger partial charge on any atom is -0.462 e. The number of hydrogen-bond donors (Lipinski definition) is 3. The van der Waals surface area contributed by atoms with Crippen molar-refractivity contribution in [3.63, 3.8) is 0 Å². The normalized spacial score (nSPS) is 14.6. The fraction of sp³-hybridized carbons (Fsp3) is 0.943. The molecule has 0 saturated heterocycles. The molecule has 0 aromatic carbocycles. The van der Waals surface area contributed by atoms with Crippen molar-refractivity contribution < 1.29 is 80.2 Å². The average molecular weight is 1310 g/mol. The number of phosphoric acid groups is 2. The van der Waals surface area contributed by atoms with Crippen molar-refractivity contribution in [2.75, 3.05) is 39.6 Å². The van der Waals surface area contributed by atoms with Crippen LogP contribution in [-0.4, -0.2) is 96.7 Å². The van der Waals surface area contributed by atoms with E-state index in [0.29, 0.717) is 31.6 Å². The summed E-state index contributed by atoms with van der Waals surface area (Å²) < 4.78 is 68.2. The monoisotopic (exact) mass is 1310 g/mol. The summed E-state index contributed by atoms with van der Waals surface area (Å²) in [6.07, 6.45) is 41.8. The van der Waals surface area contributed by atoms with Crippen molar-refractivity contribution in [3.8, 4) is 0 Å². The molecule has 0 amide bonds. The highest BCUT2D eigenvalue weighted by Crippen LogP contribution is 2.45. The van der Waals surface area contributed by atoms with Crippen LogP contribution in [0.15, 0.2) is 0 Å². The number of rotatable bonds is 67. The van der Waals surface area contributed by atoms with Crippen molar-refractivity contribution in [1.29, 1.82) is 0 Å². The second kappa shape index (κ2) is 59.8.